The molecule has 0 aromatic carbocycles. The second-order valence-electron chi connectivity index (χ2n) is 7.76. The first kappa shape index (κ1) is 19.8. The summed E-state index contributed by atoms with van der Waals surface area (Å²) in [5.41, 5.74) is 0. The summed E-state index contributed by atoms with van der Waals surface area (Å²) in [7, 11) is -1.50. The zero-order chi connectivity index (χ0) is 19.4. The van der Waals surface area contributed by atoms with Crippen LogP contribution in [0.4, 0.5) is 9.93 Å². The maximum atomic E-state index is 12.3. The molecular weight excluding hydrogens is 380 g/mol. The summed E-state index contributed by atoms with van der Waals surface area (Å²) in [5.74, 6) is 0.889. The number of hydrogen-bond donors (Lipinski definition) is 2. The normalized spacial score (nSPS) is 16.2. The van der Waals surface area contributed by atoms with Gasteiger partial charge in [-0.1, -0.05) is 31.0 Å². The fourth-order valence-corrected chi connectivity index (χ4v) is 4.35. The summed E-state index contributed by atoms with van der Waals surface area (Å²) in [6.45, 7) is 8.17. The highest BCUT2D eigenvalue weighted by Gasteiger charge is 2.23. The van der Waals surface area contributed by atoms with Crippen molar-refractivity contribution in [2.24, 2.45) is 5.92 Å². The molecule has 27 heavy (non-hydrogen) atoms. The molecule has 0 unspecified atom stereocenters. The van der Waals surface area contributed by atoms with E-state index >= 15 is 0 Å². The van der Waals surface area contributed by atoms with E-state index in [2.05, 4.69) is 34.9 Å². The smallest absolute Gasteiger partial charge is 0.323 e. The highest BCUT2D eigenvalue weighted by molar-refractivity contribution is 7.16. The van der Waals surface area contributed by atoms with E-state index < -0.39 is 8.07 Å². The van der Waals surface area contributed by atoms with E-state index in [-0.39, 0.29) is 12.6 Å². The number of anilines is 1. The molecule has 7 nitrogen and oxygen atoms in total. The number of aromatic nitrogens is 2. The second kappa shape index (κ2) is 8.36. The van der Waals surface area contributed by atoms with Gasteiger partial charge in [0.1, 0.15) is 13.5 Å². The number of nitrogens with one attached hydrogen (secondary N) is 1. The number of aliphatic hydroxyl groups is 1. The number of nitrogens with zero attached hydrogens (tertiary/aromatic N) is 3. The number of rotatable bonds is 5. The number of urea groups is 1. The zero-order valence-corrected chi connectivity index (χ0v) is 17.8. The molecule has 1 aliphatic rings. The molecule has 0 saturated carbocycles. The van der Waals surface area contributed by atoms with Gasteiger partial charge in [-0.3, -0.25) is 5.32 Å². The van der Waals surface area contributed by atoms with Crippen molar-refractivity contribution in [1.82, 2.24) is 14.9 Å². The van der Waals surface area contributed by atoms with Crippen LogP contribution in [0.5, 0.6) is 0 Å². The van der Waals surface area contributed by atoms with Gasteiger partial charge in [-0.2, -0.15) is 0 Å². The van der Waals surface area contributed by atoms with Crippen LogP contribution in [-0.4, -0.2) is 53.8 Å². The highest BCUT2D eigenvalue weighted by Crippen LogP contribution is 2.22. The summed E-state index contributed by atoms with van der Waals surface area (Å²) >= 11 is 1.40. The molecule has 9 heteroatoms. The lowest BCUT2D eigenvalue weighted by Crippen LogP contribution is -2.41. The lowest BCUT2D eigenvalue weighted by atomic mass is 9.98. The molecule has 1 saturated heterocycles. The number of likely N-dealkylation sites (tertiary alicyclic amines) is 1. The van der Waals surface area contributed by atoms with Gasteiger partial charge in [0.25, 0.3) is 0 Å². The van der Waals surface area contributed by atoms with Crippen LogP contribution in [0.15, 0.2) is 16.8 Å². The average Bonchev–Trinajstić information content (AvgIpc) is 3.29. The van der Waals surface area contributed by atoms with E-state index in [9.17, 15) is 9.90 Å². The van der Waals surface area contributed by atoms with Crippen molar-refractivity contribution < 1.29 is 14.3 Å². The minimum atomic E-state index is -1.50. The van der Waals surface area contributed by atoms with Crippen molar-refractivity contribution in [3.8, 4) is 0 Å². The Labute approximate surface area is 164 Å². The van der Waals surface area contributed by atoms with Crippen LogP contribution in [0.2, 0.25) is 19.6 Å². The Morgan fingerprint density at radius 3 is 2.70 bits per heavy atom. The van der Waals surface area contributed by atoms with E-state index in [1.54, 1.807) is 11.1 Å². The first-order valence-electron chi connectivity index (χ1n) is 9.12. The number of aliphatic hydroxyl groups excluding tert-OH is 1. The van der Waals surface area contributed by atoms with Crippen LogP contribution in [0.3, 0.4) is 0 Å². The van der Waals surface area contributed by atoms with Gasteiger partial charge in [0, 0.05) is 36.8 Å². The second-order valence-corrected chi connectivity index (χ2v) is 13.8. The van der Waals surface area contributed by atoms with Gasteiger partial charge in [-0.05, 0) is 24.8 Å². The highest BCUT2D eigenvalue weighted by atomic mass is 32.1. The third-order valence-corrected chi connectivity index (χ3v) is 7.14. The van der Waals surface area contributed by atoms with Crippen LogP contribution in [0, 0.1) is 5.92 Å². The third kappa shape index (κ3) is 5.27. The van der Waals surface area contributed by atoms with Crippen molar-refractivity contribution in [3.63, 3.8) is 0 Å². The number of piperidine rings is 1. The average molecular weight is 407 g/mol. The first-order valence-corrected chi connectivity index (χ1v) is 13.4. The molecule has 2 aromatic heterocycles. The Kier molecular flexibility index (Phi) is 6.13. The molecule has 1 fully saturated rings. The van der Waals surface area contributed by atoms with Crippen molar-refractivity contribution in [1.29, 1.82) is 0 Å². The quantitative estimate of drug-likeness (QED) is 0.745. The molecule has 0 atom stereocenters. The Hall–Kier alpha value is -1.97. The fraction of sp³-hybridized carbons (Fsp3) is 0.500. The van der Waals surface area contributed by atoms with Crippen molar-refractivity contribution in [2.75, 3.05) is 25.0 Å². The van der Waals surface area contributed by atoms with Crippen LogP contribution >= 0.6 is 11.3 Å². The third-order valence-electron chi connectivity index (χ3n) is 4.55. The largest absolute Gasteiger partial charge is 0.447 e. The SMILES string of the molecule is C[Si](C)(C)c1cnc(/C=C/c2cnc(NC(=O)N3CCC(CO)CC3)s2)o1. The Morgan fingerprint density at radius 2 is 2.07 bits per heavy atom. The number of thiazole rings is 1. The Bertz CT molecular complexity index is 804. The first-order chi connectivity index (χ1) is 12.8. The maximum Gasteiger partial charge on any atom is 0.323 e. The molecule has 2 amide bonds. The van der Waals surface area contributed by atoms with Gasteiger partial charge < -0.3 is 14.4 Å². The fourth-order valence-electron chi connectivity index (χ4n) is 2.78. The summed E-state index contributed by atoms with van der Waals surface area (Å²) in [5, 5.41) is 13.6. The van der Waals surface area contributed by atoms with Crippen LogP contribution in [-0.2, 0) is 0 Å². The molecule has 1 aliphatic heterocycles. The molecule has 2 aromatic rings. The standard InChI is InChI=1S/C18H26N4O3SSi/c1-27(2,3)16-11-19-15(25-16)5-4-14-10-20-17(26-14)21-18(24)22-8-6-13(12-23)7-9-22/h4-5,10-11,13,23H,6-9,12H2,1-3H3,(H,20,21,24)/b5-4+. The minimum absolute atomic E-state index is 0.135. The predicted octanol–water partition coefficient (Wildman–Crippen LogP) is 3.08. The van der Waals surface area contributed by atoms with Crippen LogP contribution in [0.25, 0.3) is 12.2 Å². The number of carbonyl (C=O) groups excluding carboxylic acids is 1. The summed E-state index contributed by atoms with van der Waals surface area (Å²) in [6, 6.07) is -0.135. The predicted molar refractivity (Wildman–Crippen MR) is 111 cm³/mol. The molecule has 2 N–H and O–H groups in total. The van der Waals surface area contributed by atoms with Crippen LogP contribution in [0.1, 0.15) is 23.6 Å². The van der Waals surface area contributed by atoms with Gasteiger partial charge in [0.15, 0.2) is 5.13 Å². The van der Waals surface area contributed by atoms with Gasteiger partial charge in [-0.25, -0.2) is 14.8 Å². The lowest BCUT2D eigenvalue weighted by molar-refractivity contribution is 0.143. The maximum absolute atomic E-state index is 12.3. The molecule has 3 heterocycles. The molecule has 3 rings (SSSR count). The van der Waals surface area contributed by atoms with Gasteiger partial charge in [0.2, 0.25) is 5.89 Å². The molecule has 146 valence electrons. The lowest BCUT2D eigenvalue weighted by Gasteiger charge is -2.30. The topological polar surface area (TPSA) is 91.5 Å². The van der Waals surface area contributed by atoms with Crippen LogP contribution < -0.4 is 10.7 Å². The Balaban J connectivity index is 1.55. The van der Waals surface area contributed by atoms with Gasteiger partial charge in [-0.15, -0.1) is 0 Å². The molecular formula is C18H26N4O3SSi. The molecule has 0 radical (unpaired) electrons. The summed E-state index contributed by atoms with van der Waals surface area (Å²) in [6.07, 6.45) is 8.92. The van der Waals surface area contributed by atoms with Crippen molar-refractivity contribution in [3.05, 3.63) is 23.2 Å². The Morgan fingerprint density at radius 1 is 1.33 bits per heavy atom. The number of hydrogen-bond acceptors (Lipinski definition) is 6. The van der Waals surface area contributed by atoms with E-state index in [1.807, 2.05) is 18.3 Å². The summed E-state index contributed by atoms with van der Waals surface area (Å²) < 4.78 is 5.79. The monoisotopic (exact) mass is 406 g/mol. The van der Waals surface area contributed by atoms with E-state index in [4.69, 9.17) is 4.42 Å². The molecule has 0 aliphatic carbocycles. The number of oxazole rings is 1. The van der Waals surface area contributed by atoms with Crippen molar-refractivity contribution >= 4 is 48.1 Å². The van der Waals surface area contributed by atoms with Gasteiger partial charge in [0.05, 0.1) is 6.20 Å². The number of carbonyl (C=O) groups is 1. The van der Waals surface area contributed by atoms with E-state index in [1.165, 1.54) is 11.3 Å². The van der Waals surface area contributed by atoms with E-state index in [0.29, 0.717) is 30.0 Å². The minimum Gasteiger partial charge on any atom is -0.447 e. The van der Waals surface area contributed by atoms with Gasteiger partial charge >= 0.3 is 6.03 Å². The van der Waals surface area contributed by atoms with Crippen molar-refractivity contribution in [2.45, 2.75) is 32.5 Å². The molecule has 0 spiro atoms. The molecule has 0 bridgehead atoms. The van der Waals surface area contributed by atoms with E-state index in [0.717, 1.165) is 23.1 Å². The zero-order valence-electron chi connectivity index (χ0n) is 15.9. The number of amides is 2. The summed E-state index contributed by atoms with van der Waals surface area (Å²) in [4.78, 5) is 23.6.